The fourth-order valence-electron chi connectivity index (χ4n) is 3.46. The molecule has 6 heteroatoms. The number of nitrogens with one attached hydrogen (secondary N) is 1. The van der Waals surface area contributed by atoms with Crippen molar-refractivity contribution in [2.75, 3.05) is 31.1 Å². The average molecular weight is 371 g/mol. The van der Waals surface area contributed by atoms with Crippen molar-refractivity contribution in [1.29, 1.82) is 5.26 Å². The zero-order chi connectivity index (χ0) is 19.5. The van der Waals surface area contributed by atoms with E-state index in [0.717, 1.165) is 48.5 Å². The molecule has 0 spiro atoms. The van der Waals surface area contributed by atoms with Gasteiger partial charge < -0.3 is 14.8 Å². The topological polar surface area (TPSA) is 76.0 Å². The van der Waals surface area contributed by atoms with Crippen molar-refractivity contribution in [3.05, 3.63) is 59.9 Å². The summed E-state index contributed by atoms with van der Waals surface area (Å²) in [5, 5.41) is 9.58. The van der Waals surface area contributed by atoms with Crippen LogP contribution in [0.5, 0.6) is 0 Å². The van der Waals surface area contributed by atoms with Gasteiger partial charge in [0.05, 0.1) is 16.6 Å². The highest BCUT2D eigenvalue weighted by molar-refractivity contribution is 5.90. The zero-order valence-electron chi connectivity index (χ0n) is 15.7. The Hall–Kier alpha value is -3.59. The summed E-state index contributed by atoms with van der Waals surface area (Å²) in [5.74, 6) is 0.711. The van der Waals surface area contributed by atoms with E-state index in [-0.39, 0.29) is 5.91 Å². The Morgan fingerprint density at radius 3 is 2.46 bits per heavy atom. The van der Waals surface area contributed by atoms with Gasteiger partial charge in [-0.1, -0.05) is 24.3 Å². The summed E-state index contributed by atoms with van der Waals surface area (Å²) in [6.07, 6.45) is 1.84. The Labute approximate surface area is 163 Å². The van der Waals surface area contributed by atoms with E-state index in [1.165, 1.54) is 0 Å². The molecule has 1 amide bonds. The predicted octanol–water partition coefficient (Wildman–Crippen LogP) is 3.30. The lowest BCUT2D eigenvalue weighted by atomic mass is 10.1. The molecule has 140 valence electrons. The number of rotatable bonds is 3. The molecule has 1 N–H and O–H groups in total. The summed E-state index contributed by atoms with van der Waals surface area (Å²) >= 11 is 0. The lowest BCUT2D eigenvalue weighted by Gasteiger charge is -2.35. The molecule has 0 unspecified atom stereocenters. The van der Waals surface area contributed by atoms with E-state index in [1.807, 2.05) is 47.4 Å². The van der Waals surface area contributed by atoms with Crippen LogP contribution in [0.15, 0.2) is 48.5 Å². The molecule has 6 nitrogen and oxygen atoms in total. The van der Waals surface area contributed by atoms with Crippen LogP contribution in [-0.2, 0) is 4.79 Å². The number of nitrogens with zero attached hydrogens (tertiary/aromatic N) is 4. The van der Waals surface area contributed by atoms with E-state index in [4.69, 9.17) is 0 Å². The Bertz CT molecular complexity index is 1030. The highest BCUT2D eigenvalue weighted by Gasteiger charge is 2.18. The smallest absolute Gasteiger partial charge is 0.219 e. The standard InChI is InChI=1S/C22H21N5O/c1-16(28)26-10-12-27(13-11-26)19-8-6-17(7-9-19)14-18(15-23)22-24-20-4-2-3-5-21(20)25-22/h2-9,14H,10-13H2,1H3,(H,24,25)/b18-14+. The van der Waals surface area contributed by atoms with Crippen LogP contribution >= 0.6 is 0 Å². The number of hydrogen-bond donors (Lipinski definition) is 1. The number of imidazole rings is 1. The van der Waals surface area contributed by atoms with Gasteiger partial charge in [-0.05, 0) is 35.9 Å². The largest absolute Gasteiger partial charge is 0.368 e. The molecule has 0 radical (unpaired) electrons. The summed E-state index contributed by atoms with van der Waals surface area (Å²) in [6, 6.07) is 18.1. The minimum absolute atomic E-state index is 0.134. The quantitative estimate of drug-likeness (QED) is 0.717. The number of amides is 1. The highest BCUT2D eigenvalue weighted by Crippen LogP contribution is 2.22. The third kappa shape index (κ3) is 3.60. The number of benzene rings is 2. The van der Waals surface area contributed by atoms with Crippen LogP contribution in [0.25, 0.3) is 22.7 Å². The van der Waals surface area contributed by atoms with E-state index in [2.05, 4.69) is 33.1 Å². The van der Waals surface area contributed by atoms with Crippen LogP contribution in [0.2, 0.25) is 0 Å². The zero-order valence-corrected chi connectivity index (χ0v) is 15.7. The van der Waals surface area contributed by atoms with E-state index >= 15 is 0 Å². The molecule has 0 bridgehead atoms. The lowest BCUT2D eigenvalue weighted by molar-refractivity contribution is -0.129. The molecule has 1 aromatic heterocycles. The average Bonchev–Trinajstić information content (AvgIpc) is 3.16. The molecule has 3 aromatic rings. The Morgan fingerprint density at radius 1 is 1.11 bits per heavy atom. The minimum atomic E-state index is 0.134. The number of fused-ring (bicyclic) bond motifs is 1. The fourth-order valence-corrected chi connectivity index (χ4v) is 3.46. The second-order valence-corrected chi connectivity index (χ2v) is 6.86. The third-order valence-electron chi connectivity index (χ3n) is 5.06. The van der Waals surface area contributed by atoms with Gasteiger partial charge in [0.2, 0.25) is 5.91 Å². The van der Waals surface area contributed by atoms with Crippen LogP contribution in [0.3, 0.4) is 0 Å². The molecule has 1 saturated heterocycles. The van der Waals surface area contributed by atoms with Crippen molar-refractivity contribution in [1.82, 2.24) is 14.9 Å². The lowest BCUT2D eigenvalue weighted by Crippen LogP contribution is -2.48. The van der Waals surface area contributed by atoms with Crippen LogP contribution in [0, 0.1) is 11.3 Å². The first-order chi connectivity index (χ1) is 13.6. The van der Waals surface area contributed by atoms with Crippen LogP contribution < -0.4 is 4.90 Å². The molecule has 0 atom stereocenters. The summed E-state index contributed by atoms with van der Waals surface area (Å²) in [4.78, 5) is 23.3. The number of nitriles is 1. The van der Waals surface area contributed by atoms with Crippen molar-refractivity contribution in [3.63, 3.8) is 0 Å². The number of H-pyrrole nitrogens is 1. The van der Waals surface area contributed by atoms with Crippen LogP contribution in [-0.4, -0.2) is 47.0 Å². The molecule has 0 aliphatic carbocycles. The van der Waals surface area contributed by atoms with E-state index in [9.17, 15) is 10.1 Å². The normalized spacial score (nSPS) is 14.9. The monoisotopic (exact) mass is 371 g/mol. The Balaban J connectivity index is 1.51. The molecule has 1 aliphatic rings. The summed E-state index contributed by atoms with van der Waals surface area (Å²) in [5.41, 5.74) is 4.34. The number of carbonyl (C=O) groups is 1. The number of allylic oxidation sites excluding steroid dienone is 1. The SMILES string of the molecule is CC(=O)N1CCN(c2ccc(/C=C(\C#N)c3nc4ccccc4[nH]3)cc2)CC1. The molecular formula is C22H21N5O. The van der Waals surface area contributed by atoms with Crippen molar-refractivity contribution in [3.8, 4) is 6.07 Å². The van der Waals surface area contributed by atoms with Gasteiger partial charge in [0.1, 0.15) is 11.9 Å². The number of aromatic amines is 1. The fraction of sp³-hybridized carbons (Fsp3) is 0.227. The second-order valence-electron chi connectivity index (χ2n) is 6.86. The minimum Gasteiger partial charge on any atom is -0.368 e. The van der Waals surface area contributed by atoms with Gasteiger partial charge in [0.25, 0.3) is 0 Å². The van der Waals surface area contributed by atoms with E-state index in [1.54, 1.807) is 6.92 Å². The highest BCUT2D eigenvalue weighted by atomic mass is 16.2. The van der Waals surface area contributed by atoms with Gasteiger partial charge in [-0.25, -0.2) is 4.98 Å². The van der Waals surface area contributed by atoms with E-state index < -0.39 is 0 Å². The van der Waals surface area contributed by atoms with Gasteiger partial charge in [-0.3, -0.25) is 4.79 Å². The maximum Gasteiger partial charge on any atom is 0.219 e. The summed E-state index contributed by atoms with van der Waals surface area (Å²) < 4.78 is 0. The molecular weight excluding hydrogens is 350 g/mol. The van der Waals surface area contributed by atoms with Gasteiger partial charge in [0, 0.05) is 38.8 Å². The van der Waals surface area contributed by atoms with Gasteiger partial charge in [-0.15, -0.1) is 0 Å². The number of carbonyl (C=O) groups excluding carboxylic acids is 1. The van der Waals surface area contributed by atoms with Crippen molar-refractivity contribution in [2.45, 2.75) is 6.92 Å². The third-order valence-corrected chi connectivity index (χ3v) is 5.06. The maximum atomic E-state index is 11.5. The van der Waals surface area contributed by atoms with Crippen molar-refractivity contribution in [2.24, 2.45) is 0 Å². The van der Waals surface area contributed by atoms with E-state index in [0.29, 0.717) is 11.4 Å². The molecule has 1 fully saturated rings. The second kappa shape index (κ2) is 7.57. The Morgan fingerprint density at radius 2 is 1.82 bits per heavy atom. The van der Waals surface area contributed by atoms with Crippen molar-refractivity contribution >= 4 is 34.3 Å². The molecule has 0 saturated carbocycles. The first kappa shape index (κ1) is 17.8. The molecule has 28 heavy (non-hydrogen) atoms. The molecule has 4 rings (SSSR count). The Kier molecular flexibility index (Phi) is 4.81. The predicted molar refractivity (Wildman–Crippen MR) is 110 cm³/mol. The number of anilines is 1. The molecule has 1 aliphatic heterocycles. The van der Waals surface area contributed by atoms with Gasteiger partial charge >= 0.3 is 0 Å². The number of para-hydroxylation sites is 2. The maximum absolute atomic E-state index is 11.5. The first-order valence-electron chi connectivity index (χ1n) is 9.31. The van der Waals surface area contributed by atoms with Crippen molar-refractivity contribution < 1.29 is 4.79 Å². The van der Waals surface area contributed by atoms with Crippen LogP contribution in [0.4, 0.5) is 5.69 Å². The summed E-state index contributed by atoms with van der Waals surface area (Å²) in [7, 11) is 0. The van der Waals surface area contributed by atoms with Gasteiger partial charge in [0.15, 0.2) is 0 Å². The van der Waals surface area contributed by atoms with Crippen LogP contribution in [0.1, 0.15) is 18.3 Å². The molecule has 2 aromatic carbocycles. The molecule has 2 heterocycles. The first-order valence-corrected chi connectivity index (χ1v) is 9.31. The van der Waals surface area contributed by atoms with Gasteiger partial charge in [-0.2, -0.15) is 5.26 Å². The number of hydrogen-bond acceptors (Lipinski definition) is 4. The summed E-state index contributed by atoms with van der Waals surface area (Å²) in [6.45, 7) is 4.78. The number of aromatic nitrogens is 2. The number of piperazine rings is 1.